The Bertz CT molecular complexity index is 2460. The van der Waals surface area contributed by atoms with E-state index < -0.39 is 0 Å². The highest BCUT2D eigenvalue weighted by Gasteiger charge is 2.11. The predicted octanol–water partition coefficient (Wildman–Crippen LogP) is 8.87. The van der Waals surface area contributed by atoms with Crippen molar-refractivity contribution < 1.29 is 0 Å². The number of alkyl halides is 1. The summed E-state index contributed by atoms with van der Waals surface area (Å²) in [5.41, 5.74) is 10.5. The van der Waals surface area contributed by atoms with E-state index in [1.165, 1.54) is 0 Å². The summed E-state index contributed by atoms with van der Waals surface area (Å²) in [5, 5.41) is 0.983. The third-order valence-corrected chi connectivity index (χ3v) is 9.72. The van der Waals surface area contributed by atoms with Crippen molar-refractivity contribution in [3.63, 3.8) is 0 Å². The zero-order chi connectivity index (χ0) is 36.1. The lowest BCUT2D eigenvalue weighted by Crippen LogP contribution is -1.94. The number of nitrogens with zero attached hydrogens (tertiary/aromatic N) is 9. The van der Waals surface area contributed by atoms with Crippen LogP contribution >= 0.6 is 35.6 Å². The summed E-state index contributed by atoms with van der Waals surface area (Å²) in [7, 11) is 3.96. The average molecular weight is 735 g/mol. The van der Waals surface area contributed by atoms with Crippen LogP contribution in [0.2, 0.25) is 0 Å². The molecule has 0 aliphatic carbocycles. The molecule has 0 fully saturated rings. The van der Waals surface area contributed by atoms with Gasteiger partial charge in [-0.3, -0.25) is 8.80 Å². The van der Waals surface area contributed by atoms with E-state index in [1.807, 2.05) is 103 Å². The highest BCUT2D eigenvalue weighted by molar-refractivity contribution is 7.98. The molecule has 51 heavy (non-hydrogen) atoms. The lowest BCUT2D eigenvalue weighted by Gasteiger charge is -1.99. The average Bonchev–Trinajstić information content (AvgIpc) is 3.91. The van der Waals surface area contributed by atoms with Gasteiger partial charge >= 0.3 is 0 Å². The first kappa shape index (κ1) is 35.8. The third-order valence-electron chi connectivity index (χ3n) is 7.98. The number of hydrogen-bond acceptors (Lipinski definition) is 7. The van der Waals surface area contributed by atoms with E-state index in [1.54, 1.807) is 11.8 Å². The number of halogens is 1. The van der Waals surface area contributed by atoms with Crippen molar-refractivity contribution in [3.05, 3.63) is 137 Å². The first-order valence-corrected chi connectivity index (χ1v) is 18.2. The van der Waals surface area contributed by atoms with Crippen molar-refractivity contribution >= 4 is 47.1 Å². The van der Waals surface area contributed by atoms with E-state index in [4.69, 9.17) is 28.8 Å². The van der Waals surface area contributed by atoms with Crippen LogP contribution in [0.15, 0.2) is 103 Å². The summed E-state index contributed by atoms with van der Waals surface area (Å²) in [5.74, 6) is 2.69. The van der Waals surface area contributed by atoms with Gasteiger partial charge in [-0.15, -0.1) is 11.6 Å². The van der Waals surface area contributed by atoms with Gasteiger partial charge in [-0.2, -0.15) is 0 Å². The monoisotopic (exact) mass is 734 g/mol. The molecule has 13 heteroatoms. The number of aromatic nitrogens is 10. The Morgan fingerprint density at radius 1 is 0.667 bits per heavy atom. The van der Waals surface area contributed by atoms with E-state index >= 15 is 0 Å². The van der Waals surface area contributed by atoms with Crippen LogP contribution in [-0.4, -0.2) is 47.8 Å². The number of aromatic amines is 1. The van der Waals surface area contributed by atoms with Crippen molar-refractivity contribution in [3.8, 4) is 22.5 Å². The molecule has 6 aromatic heterocycles. The largest absolute Gasteiger partial charge is 0.331 e. The van der Waals surface area contributed by atoms with Crippen LogP contribution in [0.5, 0.6) is 0 Å². The van der Waals surface area contributed by atoms with Crippen molar-refractivity contribution in [1.29, 1.82) is 0 Å². The Labute approximate surface area is 311 Å². The molecule has 0 aliphatic rings. The van der Waals surface area contributed by atoms with Gasteiger partial charge in [0.1, 0.15) is 0 Å². The molecule has 1 N–H and O–H groups in total. The second kappa shape index (κ2) is 15.9. The normalized spacial score (nSPS) is 11.0. The van der Waals surface area contributed by atoms with Crippen LogP contribution in [-0.2, 0) is 25.7 Å². The van der Waals surface area contributed by atoms with Crippen molar-refractivity contribution in [1.82, 2.24) is 47.8 Å². The molecule has 0 amide bonds. The molecule has 8 aromatic rings. The van der Waals surface area contributed by atoms with Gasteiger partial charge in [0, 0.05) is 73.0 Å². The van der Waals surface area contributed by atoms with E-state index in [0.717, 1.165) is 83.9 Å². The Hall–Kier alpha value is -5.04. The maximum Gasteiger partial charge on any atom is 0.234 e. The molecule has 10 nitrogen and oxygen atoms in total. The number of H-pyrrole nitrogens is 1. The Morgan fingerprint density at radius 3 is 1.76 bits per heavy atom. The number of imidazole rings is 4. The van der Waals surface area contributed by atoms with Gasteiger partial charge in [-0.05, 0) is 57.6 Å². The van der Waals surface area contributed by atoms with Crippen molar-refractivity contribution in [2.45, 2.75) is 44.5 Å². The molecule has 8 rings (SSSR count). The van der Waals surface area contributed by atoms with Gasteiger partial charge in [0.15, 0.2) is 9.93 Å². The lowest BCUT2D eigenvalue weighted by molar-refractivity contribution is 0.790. The molecule has 2 aromatic carbocycles. The van der Waals surface area contributed by atoms with Crippen LogP contribution in [0.3, 0.4) is 0 Å². The highest BCUT2D eigenvalue weighted by atomic mass is 35.5. The number of aryl methyl sites for hydroxylation is 6. The second-order valence-electron chi connectivity index (χ2n) is 12.1. The van der Waals surface area contributed by atoms with E-state index in [2.05, 4.69) is 79.1 Å². The van der Waals surface area contributed by atoms with Crippen molar-refractivity contribution in [2.75, 3.05) is 0 Å². The first-order chi connectivity index (χ1) is 24.6. The van der Waals surface area contributed by atoms with Crippen LogP contribution in [0, 0.1) is 32.5 Å². The molecule has 0 saturated carbocycles. The summed E-state index contributed by atoms with van der Waals surface area (Å²) in [4.78, 5) is 25.6. The maximum atomic E-state index is 5.69. The number of fused-ring (bicyclic) bond motifs is 2. The minimum atomic E-state index is 0.432. The zero-order valence-corrected chi connectivity index (χ0v) is 31.8. The maximum absolute atomic E-state index is 5.69. The number of nitrogens with one attached hydrogen (secondary N) is 1. The number of benzene rings is 2. The Morgan fingerprint density at radius 2 is 1.22 bits per heavy atom. The Balaban J connectivity index is 0.000000145. The zero-order valence-electron chi connectivity index (χ0n) is 29.4. The molecule has 0 unspecified atom stereocenters. The van der Waals surface area contributed by atoms with Gasteiger partial charge in [0.2, 0.25) is 11.6 Å². The molecule has 0 aliphatic heterocycles. The summed E-state index contributed by atoms with van der Waals surface area (Å²) in [6.45, 7) is 8.06. The third kappa shape index (κ3) is 8.65. The molecular formula is C38H39ClN10S2. The predicted molar refractivity (Wildman–Crippen MR) is 209 cm³/mol. The quantitative estimate of drug-likeness (QED) is 0.104. The lowest BCUT2D eigenvalue weighted by atomic mass is 10.2. The first-order valence-electron chi connectivity index (χ1n) is 16.3. The van der Waals surface area contributed by atoms with Crippen LogP contribution < -0.4 is 0 Å². The summed E-state index contributed by atoms with van der Waals surface area (Å²) in [6.07, 6.45) is 8.04. The summed E-state index contributed by atoms with van der Waals surface area (Å²) in [6, 6.07) is 24.5. The van der Waals surface area contributed by atoms with Crippen LogP contribution in [0.25, 0.3) is 34.1 Å². The van der Waals surface area contributed by atoms with Crippen molar-refractivity contribution in [2.24, 2.45) is 14.1 Å². The topological polar surface area (TPSA) is 98.9 Å². The highest BCUT2D eigenvalue weighted by Crippen LogP contribution is 2.26. The molecule has 0 radical (unpaired) electrons. The summed E-state index contributed by atoms with van der Waals surface area (Å²) >= 11 is 12.5. The van der Waals surface area contributed by atoms with Crippen LogP contribution in [0.1, 0.15) is 34.2 Å². The second-order valence-corrected chi connectivity index (χ2v) is 13.7. The number of rotatable bonds is 6. The molecule has 6 heterocycles. The van der Waals surface area contributed by atoms with Gasteiger partial charge < -0.3 is 14.1 Å². The minimum Gasteiger partial charge on any atom is -0.331 e. The number of thioether (sulfide) groups is 1. The smallest absolute Gasteiger partial charge is 0.234 e. The van der Waals surface area contributed by atoms with E-state index in [0.29, 0.717) is 5.88 Å². The molecule has 0 saturated heterocycles. The van der Waals surface area contributed by atoms with E-state index in [9.17, 15) is 0 Å². The molecule has 0 atom stereocenters. The van der Waals surface area contributed by atoms with Gasteiger partial charge in [0.05, 0.1) is 28.7 Å². The van der Waals surface area contributed by atoms with Gasteiger partial charge in [-0.25, -0.2) is 24.9 Å². The van der Waals surface area contributed by atoms with E-state index in [-0.39, 0.29) is 0 Å². The molecular weight excluding hydrogens is 696 g/mol. The fourth-order valence-corrected chi connectivity index (χ4v) is 6.62. The SMILES string of the molecule is Cc1cc(C)n2cc(CCl)nc2n1.Cc1cc(C)n2cc(CSc3nc(-c4ccccc4)cn3C)nc2n1.Cn1cc(-c2ccccc2)[nH]c1=S. The summed E-state index contributed by atoms with van der Waals surface area (Å²) < 4.78 is 8.70. The standard InChI is InChI=1S/C19H19N5S.C10H10N2S.C9H10ClN3/c1-13-9-14(2)24-10-16(21-18(24)20-13)12-25-19-22-17(11-23(19)3)15-7-5-4-6-8-15;1-12-7-9(11-10(12)13)8-5-3-2-4-6-8;1-6-3-7(2)13-5-8(4-10)12-9(13)11-6/h4-11H,12H2,1-3H3;2-7H,1H3,(H,11,13);3,5H,4H2,1-2H3. The number of hydrogen-bond donors (Lipinski definition) is 1. The van der Waals surface area contributed by atoms with Gasteiger partial charge in [0.25, 0.3) is 0 Å². The molecule has 260 valence electrons. The molecule has 0 spiro atoms. The fourth-order valence-electron chi connectivity index (χ4n) is 5.49. The minimum absolute atomic E-state index is 0.432. The van der Waals surface area contributed by atoms with Crippen LogP contribution in [0.4, 0.5) is 0 Å². The van der Waals surface area contributed by atoms with Gasteiger partial charge in [-0.1, -0.05) is 72.4 Å². The molecule has 0 bridgehead atoms. The fraction of sp³-hybridized carbons (Fsp3) is 0.211. The Kier molecular flexibility index (Phi) is 11.1.